The van der Waals surface area contributed by atoms with Gasteiger partial charge in [-0.25, -0.2) is 4.68 Å². The van der Waals surface area contributed by atoms with Crippen LogP contribution in [-0.2, 0) is 4.79 Å². The van der Waals surface area contributed by atoms with Crippen LogP contribution in [0.25, 0.3) is 0 Å². The van der Waals surface area contributed by atoms with E-state index in [4.69, 9.17) is 19.3 Å². The van der Waals surface area contributed by atoms with Crippen LogP contribution in [0.1, 0.15) is 31.9 Å². The molecule has 35 heavy (non-hydrogen) atoms. The van der Waals surface area contributed by atoms with Crippen molar-refractivity contribution in [3.05, 3.63) is 59.3 Å². The first-order valence-corrected chi connectivity index (χ1v) is 12.5. The Morgan fingerprint density at radius 2 is 1.97 bits per heavy atom. The Kier molecular flexibility index (Phi) is 6.54. The fourth-order valence-corrected chi connectivity index (χ4v) is 4.70. The Morgan fingerprint density at radius 1 is 1.20 bits per heavy atom. The van der Waals surface area contributed by atoms with E-state index in [1.54, 1.807) is 35.7 Å². The number of carbonyl (C=O) groups excluding carboxylic acids is 1. The Labute approximate surface area is 207 Å². The minimum absolute atomic E-state index is 0.233. The van der Waals surface area contributed by atoms with E-state index >= 15 is 0 Å². The summed E-state index contributed by atoms with van der Waals surface area (Å²) in [6, 6.07) is 12.5. The molecule has 2 N–H and O–H groups in total. The lowest BCUT2D eigenvalue weighted by molar-refractivity contribution is -0.113. The number of anilines is 2. The molecule has 0 aliphatic carbocycles. The SMILES string of the molecule is CCSc1nc2n(n1)C(c1ccc3c(c1)OCCCO3)C(C(=O)Nc1ccc(OC)cc1)=C(C)N2. The van der Waals surface area contributed by atoms with Gasteiger partial charge in [-0.3, -0.25) is 4.79 Å². The molecule has 2 aliphatic heterocycles. The summed E-state index contributed by atoms with van der Waals surface area (Å²) < 4.78 is 18.7. The highest BCUT2D eigenvalue weighted by atomic mass is 32.2. The number of allylic oxidation sites excluding steroid dienone is 1. The van der Waals surface area contributed by atoms with E-state index in [2.05, 4.69) is 22.5 Å². The molecule has 9 nitrogen and oxygen atoms in total. The van der Waals surface area contributed by atoms with E-state index in [0.717, 1.165) is 23.5 Å². The van der Waals surface area contributed by atoms with Gasteiger partial charge in [0.05, 0.1) is 25.9 Å². The molecule has 0 bridgehead atoms. The second kappa shape index (κ2) is 9.91. The largest absolute Gasteiger partial charge is 0.497 e. The van der Waals surface area contributed by atoms with Crippen LogP contribution in [0, 0.1) is 0 Å². The molecule has 3 aromatic rings. The van der Waals surface area contributed by atoms with Crippen molar-refractivity contribution < 1.29 is 19.0 Å². The van der Waals surface area contributed by atoms with Crippen molar-refractivity contribution in [3.63, 3.8) is 0 Å². The van der Waals surface area contributed by atoms with Gasteiger partial charge in [0.2, 0.25) is 11.1 Å². The number of hydrogen-bond acceptors (Lipinski definition) is 8. The zero-order valence-corrected chi connectivity index (χ0v) is 20.6. The van der Waals surface area contributed by atoms with Gasteiger partial charge in [0, 0.05) is 17.8 Å². The van der Waals surface area contributed by atoms with Gasteiger partial charge >= 0.3 is 0 Å². The lowest BCUT2D eigenvalue weighted by Gasteiger charge is -2.29. The van der Waals surface area contributed by atoms with Crippen LogP contribution in [0.3, 0.4) is 0 Å². The fourth-order valence-electron chi connectivity index (χ4n) is 4.15. The number of rotatable bonds is 6. The molecular formula is C25H27N5O4S. The lowest BCUT2D eigenvalue weighted by atomic mass is 9.94. The third-order valence-corrected chi connectivity index (χ3v) is 6.51. The predicted octanol–water partition coefficient (Wildman–Crippen LogP) is 4.49. The van der Waals surface area contributed by atoms with Crippen LogP contribution in [0.5, 0.6) is 17.2 Å². The van der Waals surface area contributed by atoms with Gasteiger partial charge in [-0.1, -0.05) is 24.8 Å². The Bertz CT molecular complexity index is 1270. The number of ether oxygens (including phenoxy) is 3. The summed E-state index contributed by atoms with van der Waals surface area (Å²) in [5.41, 5.74) is 2.77. The first-order valence-electron chi connectivity index (χ1n) is 11.5. The van der Waals surface area contributed by atoms with E-state index in [0.29, 0.717) is 52.8 Å². The molecule has 0 saturated carbocycles. The monoisotopic (exact) mass is 493 g/mol. The molecule has 182 valence electrons. The number of aromatic nitrogens is 3. The molecule has 1 unspecified atom stereocenters. The molecule has 0 radical (unpaired) electrons. The summed E-state index contributed by atoms with van der Waals surface area (Å²) in [7, 11) is 1.61. The van der Waals surface area contributed by atoms with E-state index < -0.39 is 6.04 Å². The first kappa shape index (κ1) is 23.1. The highest BCUT2D eigenvalue weighted by Crippen LogP contribution is 2.40. The molecule has 1 amide bonds. The molecule has 0 fully saturated rings. The van der Waals surface area contributed by atoms with Crippen molar-refractivity contribution >= 4 is 29.3 Å². The van der Waals surface area contributed by atoms with Crippen molar-refractivity contribution in [2.75, 3.05) is 36.7 Å². The molecule has 2 aromatic carbocycles. The number of amides is 1. The number of thioether (sulfide) groups is 1. The maximum absolute atomic E-state index is 13.6. The number of benzene rings is 2. The van der Waals surface area contributed by atoms with E-state index in [9.17, 15) is 4.79 Å². The summed E-state index contributed by atoms with van der Waals surface area (Å²) in [4.78, 5) is 18.3. The second-order valence-electron chi connectivity index (χ2n) is 8.10. The minimum Gasteiger partial charge on any atom is -0.497 e. The standard InChI is InChI=1S/C25H27N5O4S/c1-4-35-25-28-24-26-15(2)21(23(31)27-17-7-9-18(32-3)10-8-17)22(30(24)29-25)16-6-11-19-20(14-16)34-13-5-12-33-19/h6-11,14,22H,4-5,12-13H2,1-3H3,(H,27,31)(H,26,28,29). The van der Waals surface area contributed by atoms with Crippen molar-refractivity contribution in [1.29, 1.82) is 0 Å². The topological polar surface area (TPSA) is 99.5 Å². The summed E-state index contributed by atoms with van der Waals surface area (Å²) in [6.45, 7) is 5.12. The second-order valence-corrected chi connectivity index (χ2v) is 9.33. The van der Waals surface area contributed by atoms with E-state index in [1.165, 1.54) is 0 Å². The lowest BCUT2D eigenvalue weighted by Crippen LogP contribution is -2.31. The van der Waals surface area contributed by atoms with Gasteiger partial charge in [0.25, 0.3) is 5.91 Å². The van der Waals surface area contributed by atoms with Crippen molar-refractivity contribution in [3.8, 4) is 17.2 Å². The summed E-state index contributed by atoms with van der Waals surface area (Å²) >= 11 is 1.55. The van der Waals surface area contributed by atoms with Gasteiger partial charge in [0.15, 0.2) is 11.5 Å². The number of fused-ring (bicyclic) bond motifs is 2. The zero-order valence-electron chi connectivity index (χ0n) is 19.8. The van der Waals surface area contributed by atoms with Crippen LogP contribution in [-0.4, -0.2) is 46.7 Å². The third kappa shape index (κ3) is 4.66. The Balaban J connectivity index is 1.55. The smallest absolute Gasteiger partial charge is 0.255 e. The molecule has 1 atom stereocenters. The van der Waals surface area contributed by atoms with E-state index in [-0.39, 0.29) is 5.91 Å². The minimum atomic E-state index is -0.500. The maximum Gasteiger partial charge on any atom is 0.255 e. The molecule has 0 saturated heterocycles. The molecule has 2 aliphatic rings. The van der Waals surface area contributed by atoms with Gasteiger partial charge in [-0.05, 0) is 54.6 Å². The zero-order chi connectivity index (χ0) is 24.4. The van der Waals surface area contributed by atoms with Gasteiger partial charge in [-0.15, -0.1) is 5.10 Å². The Hall–Kier alpha value is -3.66. The molecule has 0 spiro atoms. The molecular weight excluding hydrogens is 466 g/mol. The van der Waals surface area contributed by atoms with Crippen LogP contribution in [0.4, 0.5) is 11.6 Å². The fraction of sp³-hybridized carbons (Fsp3) is 0.320. The highest BCUT2D eigenvalue weighted by molar-refractivity contribution is 7.99. The average molecular weight is 494 g/mol. The van der Waals surface area contributed by atoms with Gasteiger partial charge < -0.3 is 24.8 Å². The third-order valence-electron chi connectivity index (χ3n) is 5.79. The molecule has 5 rings (SSSR count). The first-order chi connectivity index (χ1) is 17.1. The van der Waals surface area contributed by atoms with E-state index in [1.807, 2.05) is 37.3 Å². The molecule has 1 aromatic heterocycles. The van der Waals surface area contributed by atoms with Crippen LogP contribution in [0.15, 0.2) is 58.9 Å². The number of hydrogen-bond donors (Lipinski definition) is 2. The van der Waals surface area contributed by atoms with Crippen molar-refractivity contribution in [2.24, 2.45) is 0 Å². The normalized spacial score (nSPS) is 16.7. The van der Waals surface area contributed by atoms with Crippen molar-refractivity contribution in [1.82, 2.24) is 14.8 Å². The molecule has 3 heterocycles. The maximum atomic E-state index is 13.6. The van der Waals surface area contributed by atoms with Gasteiger partial charge in [0.1, 0.15) is 11.8 Å². The quantitative estimate of drug-likeness (QED) is 0.485. The van der Waals surface area contributed by atoms with Crippen LogP contribution < -0.4 is 24.8 Å². The highest BCUT2D eigenvalue weighted by Gasteiger charge is 2.35. The van der Waals surface area contributed by atoms with Gasteiger partial charge in [-0.2, -0.15) is 4.98 Å². The average Bonchev–Trinajstić information content (AvgIpc) is 3.10. The summed E-state index contributed by atoms with van der Waals surface area (Å²) in [6.07, 6.45) is 0.816. The van der Waals surface area contributed by atoms with Crippen LogP contribution >= 0.6 is 11.8 Å². The molecule has 10 heteroatoms. The Morgan fingerprint density at radius 3 is 2.71 bits per heavy atom. The van der Waals surface area contributed by atoms with Crippen molar-refractivity contribution in [2.45, 2.75) is 31.5 Å². The summed E-state index contributed by atoms with van der Waals surface area (Å²) in [5, 5.41) is 11.7. The number of nitrogens with one attached hydrogen (secondary N) is 2. The number of methoxy groups -OCH3 is 1. The number of nitrogens with zero attached hydrogens (tertiary/aromatic N) is 3. The summed E-state index contributed by atoms with van der Waals surface area (Å²) in [5.74, 6) is 3.29. The predicted molar refractivity (Wildman–Crippen MR) is 135 cm³/mol. The van der Waals surface area contributed by atoms with Crippen LogP contribution in [0.2, 0.25) is 0 Å². The number of carbonyl (C=O) groups is 1.